The van der Waals surface area contributed by atoms with Crippen LogP contribution in [0.2, 0.25) is 0 Å². The molecule has 15 heavy (non-hydrogen) atoms. The molecule has 1 fully saturated rings. The molecule has 0 bridgehead atoms. The highest BCUT2D eigenvalue weighted by Gasteiger charge is 2.34. The molecule has 3 heteroatoms. The zero-order valence-electron chi connectivity index (χ0n) is 9.46. The molecule has 3 nitrogen and oxygen atoms in total. The summed E-state index contributed by atoms with van der Waals surface area (Å²) in [7, 11) is 0. The first-order valence-corrected chi connectivity index (χ1v) is 5.56. The number of aromatic nitrogens is 1. The van der Waals surface area contributed by atoms with Gasteiger partial charge in [-0.05, 0) is 30.4 Å². The van der Waals surface area contributed by atoms with Gasteiger partial charge in [-0.2, -0.15) is 0 Å². The predicted molar refractivity (Wildman–Crippen MR) is 63.7 cm³/mol. The normalized spacial score (nSPS) is 24.0. The van der Waals surface area contributed by atoms with Gasteiger partial charge in [0.25, 0.3) is 0 Å². The molecule has 0 radical (unpaired) electrons. The first kappa shape index (κ1) is 10.3. The Morgan fingerprint density at radius 2 is 2.27 bits per heavy atom. The Hall–Kier alpha value is -1.25. The molecule has 3 N–H and O–H groups in total. The third kappa shape index (κ3) is 2.22. The Morgan fingerprint density at radius 1 is 1.47 bits per heavy atom. The van der Waals surface area contributed by atoms with E-state index in [1.165, 1.54) is 19.3 Å². The molecule has 0 aliphatic heterocycles. The van der Waals surface area contributed by atoms with E-state index in [9.17, 15) is 0 Å². The minimum Gasteiger partial charge on any atom is -0.397 e. The zero-order valence-corrected chi connectivity index (χ0v) is 9.46. The van der Waals surface area contributed by atoms with E-state index in [1.807, 2.05) is 12.1 Å². The molecule has 1 aromatic heterocycles. The first-order chi connectivity index (χ1) is 7.08. The van der Waals surface area contributed by atoms with Crippen LogP contribution in [-0.4, -0.2) is 11.0 Å². The summed E-state index contributed by atoms with van der Waals surface area (Å²) in [6, 6.07) is 4.37. The van der Waals surface area contributed by atoms with Gasteiger partial charge < -0.3 is 11.1 Å². The standard InChI is InChI=1S/C12H19N3/c1-12(2)7-3-4-10(12)15-11-6-5-9(13)8-14-11/h5-6,8,10H,3-4,7,13H2,1-2H3,(H,14,15). The average molecular weight is 205 g/mol. The molecule has 1 aromatic rings. The van der Waals surface area contributed by atoms with Gasteiger partial charge in [0.2, 0.25) is 0 Å². The monoisotopic (exact) mass is 205 g/mol. The lowest BCUT2D eigenvalue weighted by atomic mass is 9.87. The first-order valence-electron chi connectivity index (χ1n) is 5.56. The van der Waals surface area contributed by atoms with Crippen LogP contribution in [0.1, 0.15) is 33.1 Å². The van der Waals surface area contributed by atoms with Gasteiger partial charge in [-0.1, -0.05) is 20.3 Å². The van der Waals surface area contributed by atoms with Crippen molar-refractivity contribution in [3.63, 3.8) is 0 Å². The fraction of sp³-hybridized carbons (Fsp3) is 0.583. The molecule has 82 valence electrons. The Kier molecular flexibility index (Phi) is 2.55. The Balaban J connectivity index is 2.06. The molecule has 2 rings (SSSR count). The molecule has 1 aliphatic carbocycles. The average Bonchev–Trinajstić information content (AvgIpc) is 2.50. The van der Waals surface area contributed by atoms with Gasteiger partial charge in [-0.15, -0.1) is 0 Å². The highest BCUT2D eigenvalue weighted by Crippen LogP contribution is 2.38. The van der Waals surface area contributed by atoms with Gasteiger partial charge in [0.15, 0.2) is 0 Å². The molecule has 1 heterocycles. The highest BCUT2D eigenvalue weighted by atomic mass is 15.0. The summed E-state index contributed by atoms with van der Waals surface area (Å²) < 4.78 is 0. The van der Waals surface area contributed by atoms with E-state index in [0.717, 1.165) is 5.82 Å². The van der Waals surface area contributed by atoms with Crippen LogP contribution in [0.4, 0.5) is 11.5 Å². The minimum absolute atomic E-state index is 0.378. The van der Waals surface area contributed by atoms with E-state index in [1.54, 1.807) is 6.20 Å². The molecular weight excluding hydrogens is 186 g/mol. The Bertz CT molecular complexity index is 329. The van der Waals surface area contributed by atoms with Crippen molar-refractivity contribution in [3.8, 4) is 0 Å². The molecule has 1 saturated carbocycles. The topological polar surface area (TPSA) is 50.9 Å². The molecule has 1 unspecified atom stereocenters. The summed E-state index contributed by atoms with van der Waals surface area (Å²) in [6.07, 6.45) is 5.53. The van der Waals surface area contributed by atoms with Crippen molar-refractivity contribution in [2.45, 2.75) is 39.2 Å². The van der Waals surface area contributed by atoms with E-state index in [-0.39, 0.29) is 0 Å². The maximum atomic E-state index is 5.60. The van der Waals surface area contributed by atoms with E-state index in [4.69, 9.17) is 5.73 Å². The molecule has 1 atom stereocenters. The van der Waals surface area contributed by atoms with E-state index in [0.29, 0.717) is 17.1 Å². The molecular formula is C12H19N3. The Morgan fingerprint density at radius 3 is 2.80 bits per heavy atom. The van der Waals surface area contributed by atoms with Gasteiger partial charge in [-0.3, -0.25) is 0 Å². The lowest BCUT2D eigenvalue weighted by Crippen LogP contribution is -2.31. The smallest absolute Gasteiger partial charge is 0.126 e. The fourth-order valence-electron chi connectivity index (χ4n) is 2.26. The second-order valence-electron chi connectivity index (χ2n) is 5.05. The van der Waals surface area contributed by atoms with E-state index >= 15 is 0 Å². The van der Waals surface area contributed by atoms with Crippen LogP contribution in [0, 0.1) is 5.41 Å². The predicted octanol–water partition coefficient (Wildman–Crippen LogP) is 2.65. The number of rotatable bonds is 2. The summed E-state index contributed by atoms with van der Waals surface area (Å²) >= 11 is 0. The largest absolute Gasteiger partial charge is 0.397 e. The van der Waals surface area contributed by atoms with E-state index < -0.39 is 0 Å². The maximum Gasteiger partial charge on any atom is 0.126 e. The van der Waals surface area contributed by atoms with Gasteiger partial charge in [0.05, 0.1) is 11.9 Å². The highest BCUT2D eigenvalue weighted by molar-refractivity contribution is 5.44. The third-order valence-electron chi connectivity index (χ3n) is 3.37. The van der Waals surface area contributed by atoms with Crippen molar-refractivity contribution in [3.05, 3.63) is 18.3 Å². The van der Waals surface area contributed by atoms with Crippen LogP contribution >= 0.6 is 0 Å². The van der Waals surface area contributed by atoms with Crippen LogP contribution in [0.15, 0.2) is 18.3 Å². The van der Waals surface area contributed by atoms with Gasteiger partial charge in [0.1, 0.15) is 5.82 Å². The second-order valence-corrected chi connectivity index (χ2v) is 5.05. The number of hydrogen-bond donors (Lipinski definition) is 2. The zero-order chi connectivity index (χ0) is 10.9. The van der Waals surface area contributed by atoms with Crippen molar-refractivity contribution in [2.24, 2.45) is 5.41 Å². The SMILES string of the molecule is CC1(C)CCCC1Nc1ccc(N)cn1. The van der Waals surface area contributed by atoms with Crippen LogP contribution in [0.3, 0.4) is 0 Å². The Labute approximate surface area is 91.1 Å². The summed E-state index contributed by atoms with van der Waals surface area (Å²) in [5, 5.41) is 3.49. The molecule has 0 aromatic carbocycles. The molecule has 0 saturated heterocycles. The van der Waals surface area contributed by atoms with E-state index in [2.05, 4.69) is 24.1 Å². The third-order valence-corrected chi connectivity index (χ3v) is 3.37. The number of pyridine rings is 1. The van der Waals surface area contributed by atoms with Gasteiger partial charge >= 0.3 is 0 Å². The lowest BCUT2D eigenvalue weighted by molar-refractivity contribution is 0.349. The number of nitrogens with zero attached hydrogens (tertiary/aromatic N) is 1. The number of anilines is 2. The van der Waals surface area contributed by atoms with Crippen LogP contribution in [0.25, 0.3) is 0 Å². The van der Waals surface area contributed by atoms with Crippen molar-refractivity contribution < 1.29 is 0 Å². The molecule has 0 spiro atoms. The molecule has 1 aliphatic rings. The summed E-state index contributed by atoms with van der Waals surface area (Å²) in [5.41, 5.74) is 6.69. The number of hydrogen-bond acceptors (Lipinski definition) is 3. The van der Waals surface area contributed by atoms with Crippen molar-refractivity contribution in [1.82, 2.24) is 4.98 Å². The lowest BCUT2D eigenvalue weighted by Gasteiger charge is -2.28. The maximum absolute atomic E-state index is 5.60. The quantitative estimate of drug-likeness (QED) is 0.780. The molecule has 0 amide bonds. The number of nitrogen functional groups attached to an aromatic ring is 1. The van der Waals surface area contributed by atoms with Crippen LogP contribution < -0.4 is 11.1 Å². The van der Waals surface area contributed by atoms with Crippen LogP contribution in [-0.2, 0) is 0 Å². The van der Waals surface area contributed by atoms with Crippen molar-refractivity contribution in [1.29, 1.82) is 0 Å². The second kappa shape index (κ2) is 3.72. The summed E-state index contributed by atoms with van der Waals surface area (Å²) in [4.78, 5) is 4.27. The van der Waals surface area contributed by atoms with Gasteiger partial charge in [-0.25, -0.2) is 4.98 Å². The number of nitrogens with two attached hydrogens (primary N) is 1. The summed E-state index contributed by atoms with van der Waals surface area (Å²) in [6.45, 7) is 4.63. The summed E-state index contributed by atoms with van der Waals surface area (Å²) in [5.74, 6) is 0.934. The van der Waals surface area contributed by atoms with Gasteiger partial charge in [0, 0.05) is 6.04 Å². The minimum atomic E-state index is 0.378. The van der Waals surface area contributed by atoms with Crippen molar-refractivity contribution in [2.75, 3.05) is 11.1 Å². The van der Waals surface area contributed by atoms with Crippen LogP contribution in [0.5, 0.6) is 0 Å². The fourth-order valence-corrected chi connectivity index (χ4v) is 2.26. The van der Waals surface area contributed by atoms with Crippen molar-refractivity contribution >= 4 is 11.5 Å². The number of nitrogens with one attached hydrogen (secondary N) is 1.